The molecule has 0 unspecified atom stereocenters. The molecule has 2 N–H and O–H groups in total. The Morgan fingerprint density at radius 3 is 2.36 bits per heavy atom. The van der Waals surface area contributed by atoms with Gasteiger partial charge >= 0.3 is 0 Å². The predicted octanol–water partition coefficient (Wildman–Crippen LogP) is 3.95. The fourth-order valence-electron chi connectivity index (χ4n) is 1.74. The molecule has 0 saturated carbocycles. The van der Waals surface area contributed by atoms with Gasteiger partial charge in [0, 0.05) is 5.56 Å². The first-order valence-electron chi connectivity index (χ1n) is 6.55. The summed E-state index contributed by atoms with van der Waals surface area (Å²) < 4.78 is 12.8. The van der Waals surface area contributed by atoms with Crippen LogP contribution in [-0.2, 0) is 0 Å². The summed E-state index contributed by atoms with van der Waals surface area (Å²) in [6, 6.07) is 12.6. The van der Waals surface area contributed by atoms with Crippen molar-refractivity contribution in [3.05, 3.63) is 71.6 Å². The minimum Gasteiger partial charge on any atom is -0.386 e. The Kier molecular flexibility index (Phi) is 5.44. The van der Waals surface area contributed by atoms with Gasteiger partial charge in [-0.1, -0.05) is 18.2 Å². The van der Waals surface area contributed by atoms with Gasteiger partial charge in [-0.25, -0.2) is 9.38 Å². The van der Waals surface area contributed by atoms with Crippen molar-refractivity contribution >= 4 is 35.0 Å². The van der Waals surface area contributed by atoms with Crippen LogP contribution in [-0.4, -0.2) is 17.5 Å². The fraction of sp³-hybridized carbons (Fsp3) is 0.0588. The molecule has 0 spiro atoms. The van der Waals surface area contributed by atoms with E-state index in [0.29, 0.717) is 17.1 Å². The topological polar surface area (TPSA) is 55.4 Å². The highest BCUT2D eigenvalue weighted by molar-refractivity contribution is 6.28. The van der Waals surface area contributed by atoms with Crippen molar-refractivity contribution in [1.82, 2.24) is 0 Å². The second-order valence-electron chi connectivity index (χ2n) is 4.53. The number of aliphatic imine (C=N–C) groups is 1. The van der Waals surface area contributed by atoms with Crippen molar-refractivity contribution in [2.24, 2.45) is 10.7 Å². The molecule has 0 aliphatic carbocycles. The number of alkyl halides is 1. The van der Waals surface area contributed by atoms with E-state index in [2.05, 4.69) is 4.99 Å². The predicted molar refractivity (Wildman–Crippen MR) is 88.2 cm³/mol. The number of rotatable bonds is 5. The van der Waals surface area contributed by atoms with E-state index in [1.165, 1.54) is 18.2 Å². The molecule has 0 aliphatic rings. The highest BCUT2D eigenvalue weighted by Gasteiger charge is 2.02. The number of hydrogen-bond donors (Lipinski definition) is 1. The van der Waals surface area contributed by atoms with E-state index in [1.807, 2.05) is 0 Å². The minimum absolute atomic E-state index is 0.148. The lowest BCUT2D eigenvalue weighted by Gasteiger charge is -1.99. The molecule has 0 saturated heterocycles. The van der Waals surface area contributed by atoms with Crippen molar-refractivity contribution in [3.63, 3.8) is 0 Å². The van der Waals surface area contributed by atoms with Gasteiger partial charge in [-0.2, -0.15) is 0 Å². The standard InChI is InChI=1S/C17H14ClFN2O/c18-11-17(20)21-15-8-4-13(5-9-15)16(22)10-3-12-1-6-14(19)7-2-12/h1-10H,11H2,(H2,20,21). The van der Waals surface area contributed by atoms with Crippen molar-refractivity contribution in [2.75, 3.05) is 5.88 Å². The quantitative estimate of drug-likeness (QED) is 0.298. The largest absolute Gasteiger partial charge is 0.386 e. The Morgan fingerprint density at radius 2 is 1.77 bits per heavy atom. The van der Waals surface area contributed by atoms with Gasteiger partial charge in [0.25, 0.3) is 0 Å². The summed E-state index contributed by atoms with van der Waals surface area (Å²) in [5.41, 5.74) is 7.46. The number of carbonyl (C=O) groups is 1. The van der Waals surface area contributed by atoms with Crippen molar-refractivity contribution in [1.29, 1.82) is 0 Å². The van der Waals surface area contributed by atoms with Crippen LogP contribution in [0.5, 0.6) is 0 Å². The van der Waals surface area contributed by atoms with E-state index in [1.54, 1.807) is 42.5 Å². The Bertz CT molecular complexity index is 706. The van der Waals surface area contributed by atoms with E-state index < -0.39 is 0 Å². The number of ketones is 1. The molecule has 0 amide bonds. The van der Waals surface area contributed by atoms with E-state index in [-0.39, 0.29) is 17.5 Å². The molecular formula is C17H14ClFN2O. The Morgan fingerprint density at radius 1 is 1.14 bits per heavy atom. The molecule has 0 heterocycles. The van der Waals surface area contributed by atoms with Gasteiger partial charge < -0.3 is 5.73 Å². The van der Waals surface area contributed by atoms with Gasteiger partial charge in [-0.05, 0) is 48.0 Å². The summed E-state index contributed by atoms with van der Waals surface area (Å²) in [6.45, 7) is 0. The third-order valence-corrected chi connectivity index (χ3v) is 3.13. The van der Waals surface area contributed by atoms with Gasteiger partial charge in [0.05, 0.1) is 11.6 Å². The highest BCUT2D eigenvalue weighted by Crippen LogP contribution is 2.14. The summed E-state index contributed by atoms with van der Waals surface area (Å²) in [6.07, 6.45) is 3.08. The third-order valence-electron chi connectivity index (χ3n) is 2.86. The first-order valence-corrected chi connectivity index (χ1v) is 7.09. The lowest BCUT2D eigenvalue weighted by Crippen LogP contribution is -2.12. The van der Waals surface area contributed by atoms with E-state index in [9.17, 15) is 9.18 Å². The first-order chi connectivity index (χ1) is 10.6. The molecule has 2 aromatic carbocycles. The monoisotopic (exact) mass is 316 g/mol. The van der Waals surface area contributed by atoms with Gasteiger partial charge in [-0.15, -0.1) is 11.6 Å². The van der Waals surface area contributed by atoms with Gasteiger partial charge in [-0.3, -0.25) is 4.79 Å². The normalized spacial score (nSPS) is 11.8. The molecule has 22 heavy (non-hydrogen) atoms. The molecule has 0 atom stereocenters. The van der Waals surface area contributed by atoms with E-state index >= 15 is 0 Å². The zero-order valence-electron chi connectivity index (χ0n) is 11.7. The smallest absolute Gasteiger partial charge is 0.185 e. The summed E-state index contributed by atoms with van der Waals surface area (Å²) in [7, 11) is 0. The zero-order chi connectivity index (χ0) is 15.9. The Balaban J connectivity index is 2.08. The first kappa shape index (κ1) is 15.9. The van der Waals surface area contributed by atoms with Gasteiger partial charge in [0.2, 0.25) is 0 Å². The average molecular weight is 317 g/mol. The van der Waals surface area contributed by atoms with Crippen molar-refractivity contribution < 1.29 is 9.18 Å². The Labute approximate surface area is 132 Å². The zero-order valence-corrected chi connectivity index (χ0v) is 12.4. The number of benzene rings is 2. The number of nitrogens with zero attached hydrogens (tertiary/aromatic N) is 1. The van der Waals surface area contributed by atoms with Crippen LogP contribution in [0.3, 0.4) is 0 Å². The molecule has 0 radical (unpaired) electrons. The van der Waals surface area contributed by atoms with Crippen LogP contribution in [0.15, 0.2) is 59.6 Å². The highest BCUT2D eigenvalue weighted by atomic mass is 35.5. The van der Waals surface area contributed by atoms with Crippen LogP contribution in [0.4, 0.5) is 10.1 Å². The summed E-state index contributed by atoms with van der Waals surface area (Å²) in [4.78, 5) is 16.1. The summed E-state index contributed by atoms with van der Waals surface area (Å²) in [5.74, 6) is 0.0131. The number of carbonyl (C=O) groups excluding carboxylic acids is 1. The molecule has 0 aliphatic heterocycles. The fourth-order valence-corrected chi connectivity index (χ4v) is 1.80. The third kappa shape index (κ3) is 4.53. The van der Waals surface area contributed by atoms with Crippen molar-refractivity contribution in [2.45, 2.75) is 0 Å². The van der Waals surface area contributed by atoms with E-state index in [0.717, 1.165) is 5.56 Å². The Hall–Kier alpha value is -2.46. The number of hydrogen-bond acceptors (Lipinski definition) is 2. The van der Waals surface area contributed by atoms with Crippen LogP contribution in [0.1, 0.15) is 15.9 Å². The number of nitrogens with two attached hydrogens (primary N) is 1. The number of halogens is 2. The van der Waals surface area contributed by atoms with Crippen LogP contribution < -0.4 is 5.73 Å². The van der Waals surface area contributed by atoms with E-state index in [4.69, 9.17) is 17.3 Å². The average Bonchev–Trinajstić information content (AvgIpc) is 2.54. The molecule has 5 heteroatoms. The second-order valence-corrected chi connectivity index (χ2v) is 4.80. The molecule has 0 aromatic heterocycles. The molecule has 3 nitrogen and oxygen atoms in total. The molecular weight excluding hydrogens is 303 g/mol. The maximum Gasteiger partial charge on any atom is 0.185 e. The molecule has 2 aromatic rings. The lowest BCUT2D eigenvalue weighted by molar-refractivity contribution is 0.104. The van der Waals surface area contributed by atoms with Crippen LogP contribution in [0.25, 0.3) is 6.08 Å². The van der Waals surface area contributed by atoms with Gasteiger partial charge in [0.1, 0.15) is 11.7 Å². The van der Waals surface area contributed by atoms with Crippen LogP contribution >= 0.6 is 11.6 Å². The SMILES string of the molecule is NC(CCl)=Nc1ccc(C(=O)C=Cc2ccc(F)cc2)cc1. The maximum absolute atomic E-state index is 12.8. The minimum atomic E-state index is -0.309. The molecule has 0 bridgehead atoms. The number of amidine groups is 1. The van der Waals surface area contributed by atoms with Gasteiger partial charge in [0.15, 0.2) is 5.78 Å². The summed E-state index contributed by atoms with van der Waals surface area (Å²) >= 11 is 5.55. The maximum atomic E-state index is 12.8. The lowest BCUT2D eigenvalue weighted by atomic mass is 10.1. The number of allylic oxidation sites excluding steroid dienone is 1. The van der Waals surface area contributed by atoms with Crippen molar-refractivity contribution in [3.8, 4) is 0 Å². The molecule has 0 fully saturated rings. The van der Waals surface area contributed by atoms with Crippen LogP contribution in [0.2, 0.25) is 0 Å². The molecule has 112 valence electrons. The van der Waals surface area contributed by atoms with Crippen LogP contribution in [0, 0.1) is 5.82 Å². The molecule has 2 rings (SSSR count). The second kappa shape index (κ2) is 7.52. The summed E-state index contributed by atoms with van der Waals surface area (Å²) in [5, 5.41) is 0.